The number of aromatic nitrogens is 1. The Balaban J connectivity index is 1.40. The Kier molecular flexibility index (Phi) is 3.57. The highest BCUT2D eigenvalue weighted by Crippen LogP contribution is 2.41. The molecule has 4 rings (SSSR count). The second-order valence-corrected chi connectivity index (χ2v) is 7.03. The zero-order chi connectivity index (χ0) is 14.2. The Hall–Kier alpha value is -1.17. The fourth-order valence-electron chi connectivity index (χ4n) is 3.46. The summed E-state index contributed by atoms with van der Waals surface area (Å²) in [5, 5.41) is 3.27. The number of hydrogen-bond acceptors (Lipinski definition) is 5. The van der Waals surface area contributed by atoms with Crippen molar-refractivity contribution in [1.82, 2.24) is 9.88 Å². The lowest BCUT2D eigenvalue weighted by molar-refractivity contribution is -0.00945. The number of piperidine rings is 1. The molecule has 2 fully saturated rings. The summed E-state index contributed by atoms with van der Waals surface area (Å²) in [4.78, 5) is 7.07. The van der Waals surface area contributed by atoms with Crippen LogP contribution in [0.15, 0.2) is 28.4 Å². The molecule has 5 heteroatoms. The third-order valence-electron chi connectivity index (χ3n) is 4.53. The summed E-state index contributed by atoms with van der Waals surface area (Å²) in [6.07, 6.45) is 6.52. The molecule has 0 radical (unpaired) electrons. The molecular formula is C16H20N2O2S. The molecule has 0 aliphatic carbocycles. The van der Waals surface area contributed by atoms with Crippen LogP contribution >= 0.6 is 11.3 Å². The number of nitrogens with zero attached hydrogens (tertiary/aromatic N) is 2. The molecule has 2 saturated heterocycles. The van der Waals surface area contributed by atoms with Gasteiger partial charge >= 0.3 is 0 Å². The molecule has 4 heterocycles. The number of rotatable bonds is 3. The third-order valence-corrected chi connectivity index (χ3v) is 5.59. The van der Waals surface area contributed by atoms with E-state index in [9.17, 15) is 0 Å². The van der Waals surface area contributed by atoms with Gasteiger partial charge in [0.05, 0.1) is 18.6 Å². The molecule has 2 aromatic rings. The summed E-state index contributed by atoms with van der Waals surface area (Å²) in [5.74, 6) is 0.694. The van der Waals surface area contributed by atoms with Crippen molar-refractivity contribution in [2.45, 2.75) is 38.5 Å². The minimum absolute atomic E-state index is 0.215. The quantitative estimate of drug-likeness (QED) is 0.871. The molecule has 21 heavy (non-hydrogen) atoms. The van der Waals surface area contributed by atoms with Crippen molar-refractivity contribution in [2.24, 2.45) is 5.92 Å². The summed E-state index contributed by atoms with van der Waals surface area (Å²) in [7, 11) is 0. The molecule has 112 valence electrons. The number of furan rings is 1. The van der Waals surface area contributed by atoms with Crippen LogP contribution in [0.25, 0.3) is 0 Å². The van der Waals surface area contributed by atoms with E-state index in [1.807, 2.05) is 12.3 Å². The molecule has 0 amide bonds. The van der Waals surface area contributed by atoms with Crippen LogP contribution in [0.1, 0.15) is 35.2 Å². The van der Waals surface area contributed by atoms with Crippen LogP contribution in [0.5, 0.6) is 0 Å². The molecule has 2 aromatic heterocycles. The largest absolute Gasteiger partial charge is 0.472 e. The molecule has 0 unspecified atom stereocenters. The van der Waals surface area contributed by atoms with Crippen LogP contribution in [-0.4, -0.2) is 29.1 Å². The fourth-order valence-corrected chi connectivity index (χ4v) is 4.30. The number of ether oxygens (including phenoxy) is 1. The van der Waals surface area contributed by atoms with E-state index in [2.05, 4.69) is 22.2 Å². The Morgan fingerprint density at radius 3 is 3.19 bits per heavy atom. The Morgan fingerprint density at radius 2 is 2.43 bits per heavy atom. The van der Waals surface area contributed by atoms with Gasteiger partial charge in [-0.15, -0.1) is 11.3 Å². The molecule has 2 aliphatic heterocycles. The van der Waals surface area contributed by atoms with Gasteiger partial charge in [-0.05, 0) is 38.3 Å². The summed E-state index contributed by atoms with van der Waals surface area (Å²) >= 11 is 1.73. The van der Waals surface area contributed by atoms with Crippen molar-refractivity contribution in [1.29, 1.82) is 0 Å². The van der Waals surface area contributed by atoms with Crippen molar-refractivity contribution in [3.05, 3.63) is 40.2 Å². The SMILES string of the molecule is Cc1csc([C@H]2C[C@@H]3CCN(Cc4ccoc4)C[C@H]3O2)n1. The highest BCUT2D eigenvalue weighted by molar-refractivity contribution is 7.09. The van der Waals surface area contributed by atoms with Gasteiger partial charge in [0.2, 0.25) is 0 Å². The zero-order valence-corrected chi connectivity index (χ0v) is 13.0. The topological polar surface area (TPSA) is 38.5 Å². The number of fused-ring (bicyclic) bond motifs is 1. The second kappa shape index (κ2) is 5.55. The molecule has 2 aliphatic rings. The maximum atomic E-state index is 6.30. The Labute approximate surface area is 128 Å². The fraction of sp³-hybridized carbons (Fsp3) is 0.562. The van der Waals surface area contributed by atoms with Crippen LogP contribution in [-0.2, 0) is 11.3 Å². The standard InChI is InChI=1S/C16H20N2O2S/c1-11-10-21-16(17-11)14-6-13-2-4-18(8-15(13)20-14)7-12-3-5-19-9-12/h3,5,9-10,13-15H,2,4,6-8H2,1H3/t13-,14+,15+/m0/s1. The molecule has 0 N–H and O–H groups in total. The van der Waals surface area contributed by atoms with E-state index in [-0.39, 0.29) is 6.10 Å². The van der Waals surface area contributed by atoms with Crippen LogP contribution < -0.4 is 0 Å². The van der Waals surface area contributed by atoms with E-state index < -0.39 is 0 Å². The average Bonchev–Trinajstić information content (AvgIpc) is 3.18. The average molecular weight is 304 g/mol. The first-order valence-corrected chi connectivity index (χ1v) is 8.47. The first-order chi connectivity index (χ1) is 10.3. The predicted octanol–water partition coefficient (Wildman–Crippen LogP) is 3.40. The third kappa shape index (κ3) is 2.78. The smallest absolute Gasteiger partial charge is 0.122 e. The second-order valence-electron chi connectivity index (χ2n) is 6.14. The highest BCUT2D eigenvalue weighted by atomic mass is 32.1. The van der Waals surface area contributed by atoms with E-state index in [4.69, 9.17) is 9.15 Å². The molecule has 0 bridgehead atoms. The molecule has 0 spiro atoms. The van der Waals surface area contributed by atoms with Gasteiger partial charge in [0, 0.05) is 29.7 Å². The predicted molar refractivity (Wildman–Crippen MR) is 81.2 cm³/mol. The van der Waals surface area contributed by atoms with Gasteiger partial charge in [0.1, 0.15) is 11.1 Å². The first kappa shape index (κ1) is 13.5. The molecule has 4 nitrogen and oxygen atoms in total. The lowest BCUT2D eigenvalue weighted by Gasteiger charge is -2.33. The van der Waals surface area contributed by atoms with Gasteiger partial charge in [0.15, 0.2) is 0 Å². The van der Waals surface area contributed by atoms with Crippen molar-refractivity contribution >= 4 is 11.3 Å². The Morgan fingerprint density at radius 1 is 1.48 bits per heavy atom. The molecular weight excluding hydrogens is 284 g/mol. The summed E-state index contributed by atoms with van der Waals surface area (Å²) in [5.41, 5.74) is 2.36. The van der Waals surface area contributed by atoms with E-state index in [0.717, 1.165) is 36.8 Å². The van der Waals surface area contributed by atoms with Crippen molar-refractivity contribution in [2.75, 3.05) is 13.1 Å². The van der Waals surface area contributed by atoms with Gasteiger partial charge in [-0.1, -0.05) is 0 Å². The maximum Gasteiger partial charge on any atom is 0.122 e. The van der Waals surface area contributed by atoms with Crippen LogP contribution in [0.4, 0.5) is 0 Å². The molecule has 0 saturated carbocycles. The van der Waals surface area contributed by atoms with Gasteiger partial charge < -0.3 is 9.15 Å². The van der Waals surface area contributed by atoms with Crippen molar-refractivity contribution in [3.8, 4) is 0 Å². The van der Waals surface area contributed by atoms with Crippen LogP contribution in [0, 0.1) is 12.8 Å². The van der Waals surface area contributed by atoms with Crippen molar-refractivity contribution < 1.29 is 9.15 Å². The summed E-state index contributed by atoms with van der Waals surface area (Å²) < 4.78 is 11.5. The number of likely N-dealkylation sites (tertiary alicyclic amines) is 1. The highest BCUT2D eigenvalue weighted by Gasteiger charge is 2.40. The monoisotopic (exact) mass is 304 g/mol. The van der Waals surface area contributed by atoms with Crippen LogP contribution in [0.3, 0.4) is 0 Å². The van der Waals surface area contributed by atoms with Gasteiger partial charge in [-0.25, -0.2) is 4.98 Å². The summed E-state index contributed by atoms with van der Waals surface area (Å²) in [6.45, 7) is 5.19. The zero-order valence-electron chi connectivity index (χ0n) is 12.2. The lowest BCUT2D eigenvalue weighted by atomic mass is 9.92. The number of aryl methyl sites for hydroxylation is 1. The number of hydrogen-bond donors (Lipinski definition) is 0. The normalized spacial score (nSPS) is 29.7. The molecule has 3 atom stereocenters. The van der Waals surface area contributed by atoms with Gasteiger partial charge in [-0.3, -0.25) is 4.90 Å². The Bertz CT molecular complexity index is 595. The van der Waals surface area contributed by atoms with E-state index >= 15 is 0 Å². The van der Waals surface area contributed by atoms with Crippen LogP contribution in [0.2, 0.25) is 0 Å². The first-order valence-electron chi connectivity index (χ1n) is 7.59. The van der Waals surface area contributed by atoms with E-state index in [1.165, 1.54) is 12.0 Å². The number of thiazole rings is 1. The minimum Gasteiger partial charge on any atom is -0.472 e. The van der Waals surface area contributed by atoms with Crippen molar-refractivity contribution in [3.63, 3.8) is 0 Å². The maximum absolute atomic E-state index is 6.30. The summed E-state index contributed by atoms with van der Waals surface area (Å²) in [6, 6.07) is 2.04. The van der Waals surface area contributed by atoms with Gasteiger partial charge in [-0.2, -0.15) is 0 Å². The van der Waals surface area contributed by atoms with E-state index in [1.54, 1.807) is 17.6 Å². The minimum atomic E-state index is 0.215. The van der Waals surface area contributed by atoms with E-state index in [0.29, 0.717) is 12.0 Å². The lowest BCUT2D eigenvalue weighted by Crippen LogP contribution is -2.41. The molecule has 0 aromatic carbocycles. The van der Waals surface area contributed by atoms with Gasteiger partial charge in [0.25, 0.3) is 0 Å².